The molecular formula is C11H17N3O3. The average molecular weight is 239 g/mol. The van der Waals surface area contributed by atoms with Gasteiger partial charge in [0.25, 0.3) is 6.01 Å². The number of hydrogen-bond acceptors (Lipinski definition) is 5. The predicted octanol–water partition coefficient (Wildman–Crippen LogP) is 0.903. The third-order valence-corrected chi connectivity index (χ3v) is 3.15. The van der Waals surface area contributed by atoms with Gasteiger partial charge in [0.1, 0.15) is 6.26 Å². The van der Waals surface area contributed by atoms with Crippen molar-refractivity contribution in [1.82, 2.24) is 9.88 Å². The van der Waals surface area contributed by atoms with Gasteiger partial charge in [0.05, 0.1) is 0 Å². The van der Waals surface area contributed by atoms with E-state index in [0.29, 0.717) is 12.1 Å². The van der Waals surface area contributed by atoms with E-state index in [9.17, 15) is 4.79 Å². The van der Waals surface area contributed by atoms with Gasteiger partial charge in [0.2, 0.25) is 0 Å². The first-order valence-corrected chi connectivity index (χ1v) is 5.79. The van der Waals surface area contributed by atoms with Gasteiger partial charge in [-0.15, -0.1) is 0 Å². The number of aromatic nitrogens is 1. The standard InChI is InChI=1S/C11H17N3O3/c1-3-13-4-5-14(6-8(13)2)11-12-9(7-17-11)10(15)16/h7-8H,3-6H2,1-2H3,(H,15,16). The van der Waals surface area contributed by atoms with Crippen molar-refractivity contribution in [3.8, 4) is 0 Å². The highest BCUT2D eigenvalue weighted by atomic mass is 16.4. The zero-order valence-corrected chi connectivity index (χ0v) is 10.1. The van der Waals surface area contributed by atoms with Crippen LogP contribution in [0.2, 0.25) is 0 Å². The predicted molar refractivity (Wildman–Crippen MR) is 62.4 cm³/mol. The summed E-state index contributed by atoms with van der Waals surface area (Å²) in [5.41, 5.74) is -0.0365. The van der Waals surface area contributed by atoms with Crippen LogP contribution in [-0.4, -0.2) is 53.2 Å². The molecule has 0 radical (unpaired) electrons. The molecule has 6 heteroatoms. The molecule has 1 fully saturated rings. The molecule has 0 aromatic carbocycles. The lowest BCUT2D eigenvalue weighted by molar-refractivity contribution is 0.0690. The molecule has 6 nitrogen and oxygen atoms in total. The molecule has 0 saturated carbocycles. The van der Waals surface area contributed by atoms with Crippen LogP contribution in [0.15, 0.2) is 10.7 Å². The van der Waals surface area contributed by atoms with E-state index >= 15 is 0 Å². The summed E-state index contributed by atoms with van der Waals surface area (Å²) in [6.45, 7) is 7.89. The number of carboxylic acid groups (broad SMARTS) is 1. The van der Waals surface area contributed by atoms with Gasteiger partial charge < -0.3 is 14.4 Å². The number of hydrogen-bond donors (Lipinski definition) is 1. The molecule has 1 aromatic rings. The first-order valence-electron chi connectivity index (χ1n) is 5.79. The molecule has 0 spiro atoms. The number of likely N-dealkylation sites (N-methyl/N-ethyl adjacent to an activating group) is 1. The molecule has 0 aliphatic carbocycles. The fraction of sp³-hybridized carbons (Fsp3) is 0.636. The molecule has 94 valence electrons. The van der Waals surface area contributed by atoms with Crippen molar-refractivity contribution in [2.45, 2.75) is 19.9 Å². The molecule has 17 heavy (non-hydrogen) atoms. The Morgan fingerprint density at radius 2 is 2.41 bits per heavy atom. The quantitative estimate of drug-likeness (QED) is 0.845. The molecule has 0 amide bonds. The second kappa shape index (κ2) is 4.75. The second-order valence-corrected chi connectivity index (χ2v) is 4.24. The van der Waals surface area contributed by atoms with Crippen LogP contribution in [0.1, 0.15) is 24.3 Å². The van der Waals surface area contributed by atoms with Crippen LogP contribution in [0.5, 0.6) is 0 Å². The first-order chi connectivity index (χ1) is 8.11. The minimum Gasteiger partial charge on any atom is -0.476 e. The van der Waals surface area contributed by atoms with E-state index in [1.54, 1.807) is 0 Å². The highest BCUT2D eigenvalue weighted by Crippen LogP contribution is 2.18. The van der Waals surface area contributed by atoms with Crippen LogP contribution >= 0.6 is 0 Å². The average Bonchev–Trinajstić information content (AvgIpc) is 2.78. The van der Waals surface area contributed by atoms with Gasteiger partial charge >= 0.3 is 5.97 Å². The maximum absolute atomic E-state index is 10.7. The Balaban J connectivity index is 2.06. The van der Waals surface area contributed by atoms with Gasteiger partial charge in [-0.1, -0.05) is 6.92 Å². The van der Waals surface area contributed by atoms with Crippen molar-refractivity contribution in [3.05, 3.63) is 12.0 Å². The van der Waals surface area contributed by atoms with E-state index < -0.39 is 5.97 Å². The Morgan fingerprint density at radius 3 is 2.94 bits per heavy atom. The Kier molecular flexibility index (Phi) is 3.33. The van der Waals surface area contributed by atoms with Crippen LogP contribution in [0, 0.1) is 0 Å². The number of carboxylic acids is 1. The van der Waals surface area contributed by atoms with Crippen LogP contribution in [0.25, 0.3) is 0 Å². The van der Waals surface area contributed by atoms with E-state index in [4.69, 9.17) is 9.52 Å². The van der Waals surface area contributed by atoms with Crippen molar-refractivity contribution in [2.24, 2.45) is 0 Å². The lowest BCUT2D eigenvalue weighted by atomic mass is 10.2. The summed E-state index contributed by atoms with van der Waals surface area (Å²) in [5.74, 6) is -1.06. The summed E-state index contributed by atoms with van der Waals surface area (Å²) in [4.78, 5) is 19.0. The highest BCUT2D eigenvalue weighted by Gasteiger charge is 2.25. The summed E-state index contributed by atoms with van der Waals surface area (Å²) < 4.78 is 5.20. The summed E-state index contributed by atoms with van der Waals surface area (Å²) >= 11 is 0. The number of aromatic carboxylic acids is 1. The second-order valence-electron chi connectivity index (χ2n) is 4.24. The molecule has 1 atom stereocenters. The normalized spacial score (nSPS) is 21.8. The van der Waals surface area contributed by atoms with E-state index in [2.05, 4.69) is 23.7 Å². The molecular weight excluding hydrogens is 222 g/mol. The molecule has 2 rings (SSSR count). The minimum atomic E-state index is -1.06. The third-order valence-electron chi connectivity index (χ3n) is 3.15. The lowest BCUT2D eigenvalue weighted by Gasteiger charge is -2.38. The maximum atomic E-state index is 10.7. The summed E-state index contributed by atoms with van der Waals surface area (Å²) in [6.07, 6.45) is 1.19. The van der Waals surface area contributed by atoms with Gasteiger partial charge in [-0.3, -0.25) is 4.90 Å². The highest BCUT2D eigenvalue weighted by molar-refractivity contribution is 5.85. The molecule has 1 aliphatic rings. The first kappa shape index (κ1) is 11.9. The number of oxazole rings is 1. The summed E-state index contributed by atoms with van der Waals surface area (Å²) in [7, 11) is 0. The molecule has 1 aliphatic heterocycles. The molecule has 1 saturated heterocycles. The Labute approximate surface area is 99.8 Å². The monoisotopic (exact) mass is 239 g/mol. The van der Waals surface area contributed by atoms with Crippen LogP contribution in [0.4, 0.5) is 6.01 Å². The van der Waals surface area contributed by atoms with E-state index in [-0.39, 0.29) is 5.69 Å². The summed E-state index contributed by atoms with van der Waals surface area (Å²) in [5, 5.41) is 8.78. The van der Waals surface area contributed by atoms with E-state index in [1.165, 1.54) is 6.26 Å². The SMILES string of the molecule is CCN1CCN(c2nc(C(=O)O)co2)CC1C. The van der Waals surface area contributed by atoms with Crippen LogP contribution in [-0.2, 0) is 0 Å². The summed E-state index contributed by atoms with van der Waals surface area (Å²) in [6, 6.07) is 0.832. The van der Waals surface area contributed by atoms with Gasteiger partial charge in [-0.05, 0) is 13.5 Å². The van der Waals surface area contributed by atoms with Gasteiger partial charge in [-0.25, -0.2) is 4.79 Å². The Hall–Kier alpha value is -1.56. The lowest BCUT2D eigenvalue weighted by Crippen LogP contribution is -2.51. The van der Waals surface area contributed by atoms with Crippen molar-refractivity contribution < 1.29 is 14.3 Å². The van der Waals surface area contributed by atoms with Crippen molar-refractivity contribution >= 4 is 12.0 Å². The third kappa shape index (κ3) is 2.41. The molecule has 1 aromatic heterocycles. The number of anilines is 1. The number of nitrogens with zero attached hydrogens (tertiary/aromatic N) is 3. The maximum Gasteiger partial charge on any atom is 0.357 e. The van der Waals surface area contributed by atoms with Crippen LogP contribution in [0.3, 0.4) is 0 Å². The van der Waals surface area contributed by atoms with Crippen molar-refractivity contribution in [3.63, 3.8) is 0 Å². The van der Waals surface area contributed by atoms with Gasteiger partial charge in [0, 0.05) is 25.7 Å². The molecule has 0 bridgehead atoms. The number of piperazine rings is 1. The van der Waals surface area contributed by atoms with E-state index in [0.717, 1.165) is 26.2 Å². The molecule has 2 heterocycles. The number of carbonyl (C=O) groups is 1. The largest absolute Gasteiger partial charge is 0.476 e. The van der Waals surface area contributed by atoms with Crippen molar-refractivity contribution in [1.29, 1.82) is 0 Å². The Morgan fingerprint density at radius 1 is 1.65 bits per heavy atom. The number of rotatable bonds is 3. The zero-order valence-electron chi connectivity index (χ0n) is 10.1. The molecule has 1 unspecified atom stereocenters. The van der Waals surface area contributed by atoms with Crippen LogP contribution < -0.4 is 4.90 Å². The zero-order chi connectivity index (χ0) is 12.4. The van der Waals surface area contributed by atoms with Gasteiger partial charge in [-0.2, -0.15) is 4.98 Å². The minimum absolute atomic E-state index is 0.0365. The fourth-order valence-electron chi connectivity index (χ4n) is 2.15. The van der Waals surface area contributed by atoms with Crippen molar-refractivity contribution in [2.75, 3.05) is 31.1 Å². The van der Waals surface area contributed by atoms with Gasteiger partial charge in [0.15, 0.2) is 5.69 Å². The topological polar surface area (TPSA) is 69.8 Å². The fourth-order valence-corrected chi connectivity index (χ4v) is 2.15. The molecule has 1 N–H and O–H groups in total. The smallest absolute Gasteiger partial charge is 0.357 e. The van der Waals surface area contributed by atoms with E-state index in [1.807, 2.05) is 4.90 Å². The Bertz CT molecular complexity index is 404.